The summed E-state index contributed by atoms with van der Waals surface area (Å²) in [4.78, 5) is 16.5. The maximum Gasteiger partial charge on any atom is 0.234 e. The first-order valence-electron chi connectivity index (χ1n) is 7.52. The maximum atomic E-state index is 11.9. The summed E-state index contributed by atoms with van der Waals surface area (Å²) in [5, 5.41) is 3.06. The Hall–Kier alpha value is -0.650. The first-order valence-corrected chi connectivity index (χ1v) is 7.52. The van der Waals surface area contributed by atoms with Crippen LogP contribution in [0.1, 0.15) is 33.6 Å². The van der Waals surface area contributed by atoms with Crippen molar-refractivity contribution >= 4 is 5.91 Å². The van der Waals surface area contributed by atoms with Gasteiger partial charge in [0.05, 0.1) is 6.54 Å². The van der Waals surface area contributed by atoms with Crippen molar-refractivity contribution in [3.8, 4) is 0 Å². The van der Waals surface area contributed by atoms with Crippen LogP contribution < -0.4 is 11.1 Å². The average Bonchev–Trinajstić information content (AvgIpc) is 2.38. The van der Waals surface area contributed by atoms with E-state index in [0.717, 1.165) is 39.0 Å². The van der Waals surface area contributed by atoms with Crippen molar-refractivity contribution in [2.75, 3.05) is 39.3 Å². The number of hydrogen-bond donors (Lipinski definition) is 2. The van der Waals surface area contributed by atoms with Gasteiger partial charge in [0.2, 0.25) is 5.91 Å². The first kappa shape index (κ1) is 16.4. The van der Waals surface area contributed by atoms with Crippen LogP contribution in [0.5, 0.6) is 0 Å². The lowest BCUT2D eigenvalue weighted by molar-refractivity contribution is -0.123. The minimum atomic E-state index is 0.154. The molecule has 0 aromatic rings. The molecule has 1 fully saturated rings. The predicted octanol–water partition coefficient (Wildman–Crippen LogP) is 0.256. The highest BCUT2D eigenvalue weighted by atomic mass is 16.2. The van der Waals surface area contributed by atoms with E-state index in [1.165, 1.54) is 0 Å². The smallest absolute Gasteiger partial charge is 0.234 e. The molecule has 0 bridgehead atoms. The van der Waals surface area contributed by atoms with Crippen molar-refractivity contribution in [3.05, 3.63) is 0 Å². The zero-order valence-corrected chi connectivity index (χ0v) is 12.7. The zero-order valence-electron chi connectivity index (χ0n) is 12.7. The van der Waals surface area contributed by atoms with Gasteiger partial charge in [-0.25, -0.2) is 0 Å². The third-order valence-electron chi connectivity index (χ3n) is 3.87. The van der Waals surface area contributed by atoms with Gasteiger partial charge in [0.25, 0.3) is 0 Å². The van der Waals surface area contributed by atoms with Gasteiger partial charge in [0.15, 0.2) is 0 Å². The van der Waals surface area contributed by atoms with Crippen molar-refractivity contribution in [3.63, 3.8) is 0 Å². The molecule has 1 aliphatic heterocycles. The average molecular weight is 270 g/mol. The number of nitrogens with zero attached hydrogens (tertiary/aromatic N) is 2. The first-order chi connectivity index (χ1) is 9.06. The van der Waals surface area contributed by atoms with Crippen molar-refractivity contribution in [1.82, 2.24) is 15.1 Å². The molecular weight excluding hydrogens is 240 g/mol. The summed E-state index contributed by atoms with van der Waals surface area (Å²) in [5.41, 5.74) is 5.68. The summed E-state index contributed by atoms with van der Waals surface area (Å²) in [6.07, 6.45) is 2.16. The molecule has 1 rings (SSSR count). The lowest BCUT2D eigenvalue weighted by Crippen LogP contribution is -2.53. The topological polar surface area (TPSA) is 61.6 Å². The molecule has 0 spiro atoms. The van der Waals surface area contributed by atoms with Gasteiger partial charge >= 0.3 is 0 Å². The van der Waals surface area contributed by atoms with E-state index in [9.17, 15) is 4.79 Å². The lowest BCUT2D eigenvalue weighted by Gasteiger charge is -2.37. The fourth-order valence-electron chi connectivity index (χ4n) is 2.54. The Morgan fingerprint density at radius 3 is 2.42 bits per heavy atom. The number of nitrogens with one attached hydrogen (secondary N) is 1. The Morgan fingerprint density at radius 2 is 1.89 bits per heavy atom. The fraction of sp³-hybridized carbons (Fsp3) is 0.929. The molecule has 0 aromatic heterocycles. The number of carbonyl (C=O) groups excluding carboxylic acids is 1. The van der Waals surface area contributed by atoms with Crippen LogP contribution in [0.3, 0.4) is 0 Å². The molecular formula is C14H30N4O. The van der Waals surface area contributed by atoms with Crippen molar-refractivity contribution in [1.29, 1.82) is 0 Å². The molecule has 1 aliphatic rings. The summed E-state index contributed by atoms with van der Waals surface area (Å²) in [6, 6.07) is 0.733. The van der Waals surface area contributed by atoms with Gasteiger partial charge in [-0.3, -0.25) is 14.6 Å². The second-order valence-electron chi connectivity index (χ2n) is 5.65. The van der Waals surface area contributed by atoms with Crippen molar-refractivity contribution in [2.45, 2.75) is 45.7 Å². The number of nitrogens with two attached hydrogens (primary N) is 1. The number of piperazine rings is 1. The van der Waals surface area contributed by atoms with Crippen molar-refractivity contribution in [2.24, 2.45) is 5.73 Å². The Bertz CT molecular complexity index is 264. The SMILES string of the molecule is CCCC(C)NC(=O)CN1CCN(C(C)CN)CC1. The van der Waals surface area contributed by atoms with E-state index in [2.05, 4.69) is 35.9 Å². The van der Waals surface area contributed by atoms with Gasteiger partial charge in [0, 0.05) is 44.8 Å². The molecule has 0 aliphatic carbocycles. The highest BCUT2D eigenvalue weighted by Gasteiger charge is 2.21. The largest absolute Gasteiger partial charge is 0.353 e. The van der Waals surface area contributed by atoms with Gasteiger partial charge in [0.1, 0.15) is 0 Å². The van der Waals surface area contributed by atoms with Crippen LogP contribution in [0, 0.1) is 0 Å². The molecule has 1 amide bonds. The minimum Gasteiger partial charge on any atom is -0.353 e. The highest BCUT2D eigenvalue weighted by molar-refractivity contribution is 5.78. The second kappa shape index (κ2) is 8.51. The maximum absolute atomic E-state index is 11.9. The third kappa shape index (κ3) is 5.89. The van der Waals surface area contributed by atoms with Crippen LogP contribution in [0.15, 0.2) is 0 Å². The van der Waals surface area contributed by atoms with E-state index < -0.39 is 0 Å². The number of carbonyl (C=O) groups is 1. The molecule has 19 heavy (non-hydrogen) atoms. The molecule has 2 unspecified atom stereocenters. The molecule has 2 atom stereocenters. The van der Waals surface area contributed by atoms with Gasteiger partial charge < -0.3 is 11.1 Å². The van der Waals surface area contributed by atoms with E-state index >= 15 is 0 Å². The molecule has 1 heterocycles. The Morgan fingerprint density at radius 1 is 1.26 bits per heavy atom. The molecule has 1 saturated heterocycles. The quantitative estimate of drug-likeness (QED) is 0.696. The monoisotopic (exact) mass is 270 g/mol. The van der Waals surface area contributed by atoms with Gasteiger partial charge in [-0.05, 0) is 20.3 Å². The zero-order chi connectivity index (χ0) is 14.3. The Balaban J connectivity index is 2.23. The van der Waals surface area contributed by atoms with Crippen LogP contribution in [-0.2, 0) is 4.79 Å². The molecule has 5 nitrogen and oxygen atoms in total. The molecule has 0 radical (unpaired) electrons. The molecule has 5 heteroatoms. The van der Waals surface area contributed by atoms with E-state index in [4.69, 9.17) is 5.73 Å². The van der Waals surface area contributed by atoms with Crippen LogP contribution in [-0.4, -0.2) is 67.1 Å². The minimum absolute atomic E-state index is 0.154. The summed E-state index contributed by atoms with van der Waals surface area (Å²) in [5.74, 6) is 0.154. The normalized spacial score (nSPS) is 21.1. The third-order valence-corrected chi connectivity index (χ3v) is 3.87. The predicted molar refractivity (Wildman–Crippen MR) is 79.0 cm³/mol. The van der Waals surface area contributed by atoms with Crippen molar-refractivity contribution < 1.29 is 4.79 Å². The Labute approximate surface area is 117 Å². The summed E-state index contributed by atoms with van der Waals surface area (Å²) >= 11 is 0. The van der Waals surface area contributed by atoms with E-state index in [-0.39, 0.29) is 11.9 Å². The van der Waals surface area contributed by atoms with Gasteiger partial charge in [-0.15, -0.1) is 0 Å². The van der Waals surface area contributed by atoms with Gasteiger partial charge in [-0.2, -0.15) is 0 Å². The molecule has 0 aromatic carbocycles. The number of rotatable bonds is 7. The van der Waals surface area contributed by atoms with E-state index in [1.807, 2.05) is 0 Å². The van der Waals surface area contributed by atoms with Gasteiger partial charge in [-0.1, -0.05) is 13.3 Å². The molecule has 3 N–H and O–H groups in total. The van der Waals surface area contributed by atoms with Crippen LogP contribution in [0.4, 0.5) is 0 Å². The van der Waals surface area contributed by atoms with Crippen LogP contribution in [0.25, 0.3) is 0 Å². The summed E-state index contributed by atoms with van der Waals surface area (Å²) in [7, 11) is 0. The standard InChI is InChI=1S/C14H30N4O/c1-4-5-12(2)16-14(19)11-17-6-8-18(9-7-17)13(3)10-15/h12-13H,4-11,15H2,1-3H3,(H,16,19). The summed E-state index contributed by atoms with van der Waals surface area (Å²) < 4.78 is 0. The number of amides is 1. The summed E-state index contributed by atoms with van der Waals surface area (Å²) in [6.45, 7) is 11.5. The fourth-order valence-corrected chi connectivity index (χ4v) is 2.54. The molecule has 0 saturated carbocycles. The van der Waals surface area contributed by atoms with Crippen LogP contribution in [0.2, 0.25) is 0 Å². The Kier molecular flexibility index (Phi) is 7.34. The number of hydrogen-bond acceptors (Lipinski definition) is 4. The second-order valence-corrected chi connectivity index (χ2v) is 5.65. The molecule has 112 valence electrons. The van der Waals surface area contributed by atoms with Crippen LogP contribution >= 0.6 is 0 Å². The van der Waals surface area contributed by atoms with E-state index in [1.54, 1.807) is 0 Å². The lowest BCUT2D eigenvalue weighted by atomic mass is 10.2. The highest BCUT2D eigenvalue weighted by Crippen LogP contribution is 2.05. The van der Waals surface area contributed by atoms with E-state index in [0.29, 0.717) is 19.1 Å².